The predicted octanol–water partition coefficient (Wildman–Crippen LogP) is 6.38. The van der Waals surface area contributed by atoms with Gasteiger partial charge in [-0.05, 0) is 56.2 Å². The van der Waals surface area contributed by atoms with Gasteiger partial charge < -0.3 is 4.98 Å². The van der Waals surface area contributed by atoms with Crippen LogP contribution in [-0.4, -0.2) is 15.0 Å². The van der Waals surface area contributed by atoms with Crippen LogP contribution in [0.3, 0.4) is 0 Å². The van der Waals surface area contributed by atoms with Gasteiger partial charge in [0, 0.05) is 22.3 Å². The number of H-pyrrole nitrogens is 1. The van der Waals surface area contributed by atoms with Gasteiger partial charge in [0.15, 0.2) is 0 Å². The normalized spacial score (nSPS) is 11.0. The topological polar surface area (TPSA) is 41.6 Å². The van der Waals surface area contributed by atoms with E-state index in [9.17, 15) is 0 Å². The van der Waals surface area contributed by atoms with Gasteiger partial charge in [-0.15, -0.1) is 0 Å². The van der Waals surface area contributed by atoms with Crippen molar-refractivity contribution in [1.29, 1.82) is 0 Å². The molecule has 4 aromatic rings. The Labute approximate surface area is 164 Å². The van der Waals surface area contributed by atoms with Crippen LogP contribution < -0.4 is 0 Å². The SMILES string of the molecule is Cc1cc(C)c(-c2nc(-c3ccccn3)c(-c3ccc(Cl)cc3)[nH]2)c(C)c1. The maximum atomic E-state index is 6.08. The van der Waals surface area contributed by atoms with Crippen LogP contribution in [0.5, 0.6) is 0 Å². The molecule has 0 radical (unpaired) electrons. The summed E-state index contributed by atoms with van der Waals surface area (Å²) in [5.74, 6) is 0.857. The van der Waals surface area contributed by atoms with Crippen LogP contribution in [0.4, 0.5) is 0 Å². The number of imidazole rings is 1. The fraction of sp³-hybridized carbons (Fsp3) is 0.130. The second-order valence-electron chi connectivity index (χ2n) is 6.80. The first kappa shape index (κ1) is 17.5. The van der Waals surface area contributed by atoms with E-state index >= 15 is 0 Å². The van der Waals surface area contributed by atoms with E-state index in [-0.39, 0.29) is 0 Å². The van der Waals surface area contributed by atoms with Crippen molar-refractivity contribution in [1.82, 2.24) is 15.0 Å². The highest BCUT2D eigenvalue weighted by Gasteiger charge is 2.18. The Morgan fingerprint density at radius 1 is 0.889 bits per heavy atom. The maximum absolute atomic E-state index is 6.08. The molecule has 2 aromatic heterocycles. The Hall–Kier alpha value is -2.91. The van der Waals surface area contributed by atoms with Gasteiger partial charge in [0.25, 0.3) is 0 Å². The minimum Gasteiger partial charge on any atom is -0.337 e. The van der Waals surface area contributed by atoms with Gasteiger partial charge in [-0.3, -0.25) is 4.98 Å². The molecular formula is C23H20ClN3. The van der Waals surface area contributed by atoms with E-state index in [1.54, 1.807) is 6.20 Å². The fourth-order valence-corrected chi connectivity index (χ4v) is 3.68. The van der Waals surface area contributed by atoms with E-state index in [2.05, 4.69) is 42.9 Å². The van der Waals surface area contributed by atoms with E-state index in [1.807, 2.05) is 42.5 Å². The van der Waals surface area contributed by atoms with Crippen LogP contribution in [-0.2, 0) is 0 Å². The number of hydrogen-bond acceptors (Lipinski definition) is 2. The molecule has 0 aliphatic rings. The number of aromatic amines is 1. The van der Waals surface area contributed by atoms with Gasteiger partial charge in [-0.25, -0.2) is 4.98 Å². The minimum atomic E-state index is 0.711. The van der Waals surface area contributed by atoms with Crippen LogP contribution in [0.15, 0.2) is 60.8 Å². The number of pyridine rings is 1. The highest BCUT2D eigenvalue weighted by atomic mass is 35.5. The molecule has 2 aromatic carbocycles. The van der Waals surface area contributed by atoms with E-state index < -0.39 is 0 Å². The summed E-state index contributed by atoms with van der Waals surface area (Å²) >= 11 is 6.08. The summed E-state index contributed by atoms with van der Waals surface area (Å²) in [5.41, 5.74) is 8.45. The fourth-order valence-electron chi connectivity index (χ4n) is 3.56. The number of benzene rings is 2. The highest BCUT2D eigenvalue weighted by molar-refractivity contribution is 6.30. The standard InChI is InChI=1S/C23H20ClN3/c1-14-12-15(2)20(16(3)13-14)23-26-21(17-7-9-18(24)10-8-17)22(27-23)19-6-4-5-11-25-19/h4-13H,1-3H3,(H,26,27). The Bertz CT molecular complexity index is 1070. The molecule has 0 spiro atoms. The van der Waals surface area contributed by atoms with Crippen LogP contribution in [0.1, 0.15) is 16.7 Å². The van der Waals surface area contributed by atoms with Crippen molar-refractivity contribution in [2.45, 2.75) is 20.8 Å². The Morgan fingerprint density at radius 3 is 2.22 bits per heavy atom. The number of aryl methyl sites for hydroxylation is 3. The van der Waals surface area contributed by atoms with Crippen molar-refractivity contribution < 1.29 is 0 Å². The second-order valence-corrected chi connectivity index (χ2v) is 7.24. The molecule has 0 saturated heterocycles. The molecule has 4 rings (SSSR count). The lowest BCUT2D eigenvalue weighted by Crippen LogP contribution is -1.92. The minimum absolute atomic E-state index is 0.711. The molecular weight excluding hydrogens is 354 g/mol. The lowest BCUT2D eigenvalue weighted by Gasteiger charge is -2.08. The quantitative estimate of drug-likeness (QED) is 0.452. The monoisotopic (exact) mass is 373 g/mol. The summed E-state index contributed by atoms with van der Waals surface area (Å²) in [6.07, 6.45) is 1.79. The first-order valence-electron chi connectivity index (χ1n) is 8.88. The summed E-state index contributed by atoms with van der Waals surface area (Å²) in [7, 11) is 0. The average molecular weight is 374 g/mol. The lowest BCUT2D eigenvalue weighted by atomic mass is 9.99. The zero-order valence-electron chi connectivity index (χ0n) is 15.5. The molecule has 0 aliphatic carbocycles. The van der Waals surface area contributed by atoms with Crippen LogP contribution in [0.2, 0.25) is 5.02 Å². The third-order valence-electron chi connectivity index (χ3n) is 4.66. The molecule has 0 unspecified atom stereocenters. The predicted molar refractivity (Wildman–Crippen MR) is 112 cm³/mol. The van der Waals surface area contributed by atoms with Crippen LogP contribution in [0, 0.1) is 20.8 Å². The van der Waals surface area contributed by atoms with Gasteiger partial charge in [0.1, 0.15) is 11.5 Å². The van der Waals surface area contributed by atoms with E-state index in [0.717, 1.165) is 34.0 Å². The van der Waals surface area contributed by atoms with Crippen LogP contribution in [0.25, 0.3) is 34.0 Å². The molecule has 2 heterocycles. The smallest absolute Gasteiger partial charge is 0.139 e. The van der Waals surface area contributed by atoms with Crippen molar-refractivity contribution in [3.8, 4) is 34.0 Å². The first-order valence-corrected chi connectivity index (χ1v) is 9.26. The lowest BCUT2D eigenvalue weighted by molar-refractivity contribution is 1.23. The van der Waals surface area contributed by atoms with Crippen molar-refractivity contribution in [2.75, 3.05) is 0 Å². The number of halogens is 1. The van der Waals surface area contributed by atoms with Gasteiger partial charge in [0.2, 0.25) is 0 Å². The molecule has 0 saturated carbocycles. The Balaban J connectivity index is 1.95. The summed E-state index contributed by atoms with van der Waals surface area (Å²) < 4.78 is 0. The van der Waals surface area contributed by atoms with Crippen molar-refractivity contribution in [2.24, 2.45) is 0 Å². The van der Waals surface area contributed by atoms with Crippen molar-refractivity contribution >= 4 is 11.6 Å². The first-order chi connectivity index (χ1) is 13.0. The van der Waals surface area contributed by atoms with Gasteiger partial charge in [-0.2, -0.15) is 0 Å². The molecule has 0 amide bonds. The Kier molecular flexibility index (Phi) is 4.54. The highest BCUT2D eigenvalue weighted by Crippen LogP contribution is 2.35. The number of hydrogen-bond donors (Lipinski definition) is 1. The van der Waals surface area contributed by atoms with Gasteiger partial charge >= 0.3 is 0 Å². The van der Waals surface area contributed by atoms with Crippen LogP contribution >= 0.6 is 11.6 Å². The molecule has 0 aliphatic heterocycles. The molecule has 4 heteroatoms. The summed E-state index contributed by atoms with van der Waals surface area (Å²) in [6.45, 7) is 6.37. The molecule has 3 nitrogen and oxygen atoms in total. The largest absolute Gasteiger partial charge is 0.337 e. The zero-order chi connectivity index (χ0) is 19.0. The van der Waals surface area contributed by atoms with E-state index in [0.29, 0.717) is 5.02 Å². The van der Waals surface area contributed by atoms with E-state index in [1.165, 1.54) is 16.7 Å². The van der Waals surface area contributed by atoms with E-state index in [4.69, 9.17) is 16.6 Å². The molecule has 1 N–H and O–H groups in total. The summed E-state index contributed by atoms with van der Waals surface area (Å²) in [5, 5.41) is 0.711. The molecule has 134 valence electrons. The maximum Gasteiger partial charge on any atom is 0.139 e. The number of aromatic nitrogens is 3. The number of nitrogens with one attached hydrogen (secondary N) is 1. The average Bonchev–Trinajstić information content (AvgIpc) is 3.07. The molecule has 0 atom stereocenters. The number of nitrogens with zero attached hydrogens (tertiary/aromatic N) is 2. The second kappa shape index (κ2) is 7.01. The molecule has 27 heavy (non-hydrogen) atoms. The number of rotatable bonds is 3. The summed E-state index contributed by atoms with van der Waals surface area (Å²) in [6, 6.07) is 18.0. The Morgan fingerprint density at radius 2 is 1.59 bits per heavy atom. The van der Waals surface area contributed by atoms with Gasteiger partial charge in [-0.1, -0.05) is 47.5 Å². The van der Waals surface area contributed by atoms with Gasteiger partial charge in [0.05, 0.1) is 11.4 Å². The molecule has 0 bridgehead atoms. The van der Waals surface area contributed by atoms with Crippen molar-refractivity contribution in [3.63, 3.8) is 0 Å². The third kappa shape index (κ3) is 3.38. The zero-order valence-corrected chi connectivity index (χ0v) is 16.3. The molecule has 0 fully saturated rings. The summed E-state index contributed by atoms with van der Waals surface area (Å²) in [4.78, 5) is 13.0. The van der Waals surface area contributed by atoms with Crippen molar-refractivity contribution in [3.05, 3.63) is 82.5 Å². The third-order valence-corrected chi connectivity index (χ3v) is 4.91.